The lowest BCUT2D eigenvalue weighted by Crippen LogP contribution is -2.08. The first kappa shape index (κ1) is 7.84. The molecule has 0 aromatic heterocycles. The van der Waals surface area contributed by atoms with Crippen molar-refractivity contribution < 1.29 is 0 Å². The van der Waals surface area contributed by atoms with Gasteiger partial charge in [0, 0.05) is 0 Å². The summed E-state index contributed by atoms with van der Waals surface area (Å²) in [5, 5.41) is 0. The van der Waals surface area contributed by atoms with Crippen LogP contribution in [-0.4, -0.2) is 0 Å². The zero-order valence-electron chi connectivity index (χ0n) is 7.24. The summed E-state index contributed by atoms with van der Waals surface area (Å²) in [5.74, 6) is 0. The summed E-state index contributed by atoms with van der Waals surface area (Å²) in [6.45, 7) is 4.00. The van der Waals surface area contributed by atoms with Gasteiger partial charge in [0.05, 0.1) is 0 Å². The van der Waals surface area contributed by atoms with Crippen molar-refractivity contribution in [2.45, 2.75) is 52.4 Å². The zero-order valence-corrected chi connectivity index (χ0v) is 7.24. The van der Waals surface area contributed by atoms with E-state index >= 15 is 0 Å². The predicted molar refractivity (Wildman–Crippen MR) is 46.1 cm³/mol. The maximum Gasteiger partial charge on any atom is -0.0280 e. The molecule has 0 amide bonds. The van der Waals surface area contributed by atoms with Crippen LogP contribution in [0.4, 0.5) is 0 Å². The molecule has 0 unspecified atom stereocenters. The molecule has 2 aliphatic carbocycles. The molecule has 0 heteroatoms. The Kier molecular flexibility index (Phi) is 2.98. The van der Waals surface area contributed by atoms with Crippen LogP contribution in [0.15, 0.2) is 11.1 Å². The molecule has 0 spiro atoms. The van der Waals surface area contributed by atoms with Gasteiger partial charge in [0.25, 0.3) is 0 Å². The van der Waals surface area contributed by atoms with Gasteiger partial charge in [-0.1, -0.05) is 25.0 Å². The third kappa shape index (κ3) is 1.42. The van der Waals surface area contributed by atoms with E-state index in [9.17, 15) is 0 Å². The van der Waals surface area contributed by atoms with Gasteiger partial charge in [0.15, 0.2) is 0 Å². The minimum Gasteiger partial charge on any atom is -0.0707 e. The maximum absolute atomic E-state index is 2.00. The van der Waals surface area contributed by atoms with E-state index in [2.05, 4.69) is 0 Å². The monoisotopic (exact) mass is 138 g/mol. The summed E-state index contributed by atoms with van der Waals surface area (Å²) in [6, 6.07) is 0. The van der Waals surface area contributed by atoms with Gasteiger partial charge in [-0.2, -0.15) is 0 Å². The number of allylic oxidation sites excluding steroid dienone is 2. The molecule has 2 rings (SSSR count). The molecule has 0 bridgehead atoms. The third-order valence-corrected chi connectivity index (χ3v) is 2.44. The van der Waals surface area contributed by atoms with Gasteiger partial charge in [0.2, 0.25) is 0 Å². The molecule has 0 atom stereocenters. The van der Waals surface area contributed by atoms with Crippen LogP contribution >= 0.6 is 0 Å². The molecule has 0 saturated carbocycles. The van der Waals surface area contributed by atoms with Crippen LogP contribution in [0.5, 0.6) is 0 Å². The van der Waals surface area contributed by atoms with Crippen LogP contribution in [0.1, 0.15) is 52.4 Å². The number of hydrogen-bond donors (Lipinski definition) is 0. The van der Waals surface area contributed by atoms with Gasteiger partial charge in [-0.25, -0.2) is 0 Å². The highest BCUT2D eigenvalue weighted by Gasteiger charge is 2.18. The third-order valence-electron chi connectivity index (χ3n) is 2.44. The van der Waals surface area contributed by atoms with Crippen molar-refractivity contribution in [1.82, 2.24) is 0 Å². The van der Waals surface area contributed by atoms with Crippen molar-refractivity contribution in [3.8, 4) is 0 Å². The van der Waals surface area contributed by atoms with Crippen LogP contribution in [0.25, 0.3) is 0 Å². The molecular formula is C10H18. The van der Waals surface area contributed by atoms with Crippen molar-refractivity contribution in [2.24, 2.45) is 0 Å². The molecular weight excluding hydrogens is 120 g/mol. The first-order valence-electron chi connectivity index (χ1n) is 4.66. The predicted octanol–water partition coefficient (Wildman–Crippen LogP) is 3.68. The van der Waals surface area contributed by atoms with Crippen LogP contribution in [0.2, 0.25) is 0 Å². The van der Waals surface area contributed by atoms with Crippen molar-refractivity contribution in [2.75, 3.05) is 0 Å². The molecule has 0 aliphatic heterocycles. The Balaban J connectivity index is 0.000000231. The van der Waals surface area contributed by atoms with Gasteiger partial charge in [-0.05, 0) is 38.5 Å². The standard InChI is InChI=1S/C8H12.C2H6/c1-2-4-8-6-5-7(8)3-1;1-2/h1-6H2;1-2H3. The Morgan fingerprint density at radius 3 is 1.30 bits per heavy atom. The highest BCUT2D eigenvalue weighted by atomic mass is 14.2. The highest BCUT2D eigenvalue weighted by Crippen LogP contribution is 2.38. The first-order chi connectivity index (χ1) is 4.97. The molecule has 0 aromatic carbocycles. The molecule has 0 radical (unpaired) electrons. The lowest BCUT2D eigenvalue weighted by atomic mass is 9.78. The smallest absolute Gasteiger partial charge is 0.0280 e. The highest BCUT2D eigenvalue weighted by molar-refractivity contribution is 5.25. The minimum absolute atomic E-state index is 1.44. The van der Waals surface area contributed by atoms with Crippen LogP contribution in [-0.2, 0) is 0 Å². The van der Waals surface area contributed by atoms with E-state index in [1.54, 1.807) is 0 Å². The minimum atomic E-state index is 1.44. The zero-order chi connectivity index (χ0) is 7.40. The van der Waals surface area contributed by atoms with Crippen LogP contribution < -0.4 is 0 Å². The van der Waals surface area contributed by atoms with E-state index in [4.69, 9.17) is 0 Å². The average Bonchev–Trinajstić information content (AvgIpc) is 1.96. The molecule has 58 valence electrons. The average molecular weight is 138 g/mol. The Labute approximate surface area is 64.3 Å². The fourth-order valence-electron chi connectivity index (χ4n) is 1.76. The fraction of sp³-hybridized carbons (Fsp3) is 0.800. The molecule has 0 N–H and O–H groups in total. The summed E-state index contributed by atoms with van der Waals surface area (Å²) in [7, 11) is 0. The van der Waals surface area contributed by atoms with Crippen LogP contribution in [0, 0.1) is 0 Å². The second-order valence-electron chi connectivity index (χ2n) is 2.91. The Morgan fingerprint density at radius 2 is 1.10 bits per heavy atom. The van der Waals surface area contributed by atoms with Gasteiger partial charge in [-0.3, -0.25) is 0 Å². The largest absolute Gasteiger partial charge is 0.0707 e. The van der Waals surface area contributed by atoms with Gasteiger partial charge >= 0.3 is 0 Å². The van der Waals surface area contributed by atoms with E-state index < -0.39 is 0 Å². The topological polar surface area (TPSA) is 0 Å². The summed E-state index contributed by atoms with van der Waals surface area (Å²) < 4.78 is 0. The second-order valence-corrected chi connectivity index (χ2v) is 2.91. The van der Waals surface area contributed by atoms with E-state index in [0.717, 1.165) is 0 Å². The van der Waals surface area contributed by atoms with Crippen molar-refractivity contribution >= 4 is 0 Å². The van der Waals surface area contributed by atoms with Crippen LogP contribution in [0.3, 0.4) is 0 Å². The SMILES string of the molecule is C1CCC2=C(C1)CC2.CC. The molecule has 0 aromatic rings. The van der Waals surface area contributed by atoms with Gasteiger partial charge in [-0.15, -0.1) is 0 Å². The second kappa shape index (κ2) is 3.80. The van der Waals surface area contributed by atoms with E-state index in [0.29, 0.717) is 0 Å². The summed E-state index contributed by atoms with van der Waals surface area (Å²) in [5.41, 5.74) is 3.63. The molecule has 0 heterocycles. The molecule has 2 aliphatic rings. The van der Waals surface area contributed by atoms with E-state index in [-0.39, 0.29) is 0 Å². The lowest BCUT2D eigenvalue weighted by Gasteiger charge is -2.28. The lowest BCUT2D eigenvalue weighted by molar-refractivity contribution is 0.572. The van der Waals surface area contributed by atoms with Crippen molar-refractivity contribution in [3.05, 3.63) is 11.1 Å². The Bertz CT molecular complexity index is 115. The van der Waals surface area contributed by atoms with Crippen molar-refractivity contribution in [3.63, 3.8) is 0 Å². The maximum atomic E-state index is 2.00. The number of rotatable bonds is 0. The quantitative estimate of drug-likeness (QED) is 0.448. The Morgan fingerprint density at radius 1 is 0.700 bits per heavy atom. The van der Waals surface area contributed by atoms with E-state index in [1.165, 1.54) is 38.5 Å². The number of hydrogen-bond acceptors (Lipinski definition) is 0. The molecule has 0 saturated heterocycles. The van der Waals surface area contributed by atoms with E-state index in [1.807, 2.05) is 25.0 Å². The fourth-order valence-corrected chi connectivity index (χ4v) is 1.76. The molecule has 0 nitrogen and oxygen atoms in total. The Hall–Kier alpha value is -0.260. The summed E-state index contributed by atoms with van der Waals surface area (Å²) in [6.07, 6.45) is 8.70. The first-order valence-corrected chi connectivity index (χ1v) is 4.66. The van der Waals surface area contributed by atoms with Gasteiger partial charge in [0.1, 0.15) is 0 Å². The molecule has 0 fully saturated rings. The normalized spacial score (nSPS) is 22.2. The molecule has 10 heavy (non-hydrogen) atoms. The summed E-state index contributed by atoms with van der Waals surface area (Å²) >= 11 is 0. The van der Waals surface area contributed by atoms with Gasteiger partial charge < -0.3 is 0 Å². The summed E-state index contributed by atoms with van der Waals surface area (Å²) in [4.78, 5) is 0. The van der Waals surface area contributed by atoms with Crippen molar-refractivity contribution in [1.29, 1.82) is 0 Å².